The summed E-state index contributed by atoms with van der Waals surface area (Å²) >= 11 is 0. The summed E-state index contributed by atoms with van der Waals surface area (Å²) in [5.41, 5.74) is 2.96. The van der Waals surface area contributed by atoms with Gasteiger partial charge in [0, 0.05) is 24.4 Å². The molecule has 0 spiro atoms. The van der Waals surface area contributed by atoms with E-state index in [9.17, 15) is 9.59 Å². The Labute approximate surface area is 169 Å². The zero-order chi connectivity index (χ0) is 20.2. The third-order valence-electron chi connectivity index (χ3n) is 5.29. The fraction of sp³-hybridized carbons (Fsp3) is 0.304. The van der Waals surface area contributed by atoms with Gasteiger partial charge in [0.2, 0.25) is 0 Å². The lowest BCUT2D eigenvalue weighted by Crippen LogP contribution is -2.40. The van der Waals surface area contributed by atoms with Gasteiger partial charge >= 0.3 is 6.03 Å². The number of urea groups is 1. The second-order valence-corrected chi connectivity index (χ2v) is 7.47. The highest BCUT2D eigenvalue weighted by atomic mass is 16.5. The van der Waals surface area contributed by atoms with Crippen molar-refractivity contribution in [2.75, 3.05) is 18.5 Å². The van der Waals surface area contributed by atoms with E-state index in [-0.39, 0.29) is 24.2 Å². The highest BCUT2D eigenvalue weighted by molar-refractivity contribution is 5.89. The lowest BCUT2D eigenvalue weighted by atomic mass is 10.1. The number of fused-ring (bicyclic) bond motifs is 1. The Balaban J connectivity index is 1.60. The second kappa shape index (κ2) is 8.49. The molecule has 1 fully saturated rings. The highest BCUT2D eigenvalue weighted by Gasteiger charge is 2.24. The molecule has 1 aliphatic rings. The van der Waals surface area contributed by atoms with Crippen molar-refractivity contribution in [1.29, 1.82) is 0 Å². The number of nitrogens with one attached hydrogen (secondary N) is 2. The fourth-order valence-corrected chi connectivity index (χ4v) is 3.73. The molecular formula is C23H25N3O3. The van der Waals surface area contributed by atoms with E-state index in [1.807, 2.05) is 61.5 Å². The largest absolute Gasteiger partial charge is 0.376 e. The van der Waals surface area contributed by atoms with Crippen LogP contribution in [0.4, 0.5) is 10.5 Å². The minimum Gasteiger partial charge on any atom is -0.376 e. The zero-order valence-corrected chi connectivity index (χ0v) is 16.5. The molecule has 3 aromatic rings. The molecule has 2 N–H and O–H groups in total. The van der Waals surface area contributed by atoms with Gasteiger partial charge < -0.3 is 19.9 Å². The second-order valence-electron chi connectivity index (χ2n) is 7.47. The first kappa shape index (κ1) is 19.2. The van der Waals surface area contributed by atoms with E-state index in [0.29, 0.717) is 18.7 Å². The van der Waals surface area contributed by atoms with Crippen LogP contribution in [-0.2, 0) is 11.3 Å². The summed E-state index contributed by atoms with van der Waals surface area (Å²) in [7, 11) is 0. The number of aromatic amines is 1. The maximum Gasteiger partial charge on any atom is 0.322 e. The van der Waals surface area contributed by atoms with E-state index in [4.69, 9.17) is 4.74 Å². The Bertz CT molecular complexity index is 1060. The summed E-state index contributed by atoms with van der Waals surface area (Å²) < 4.78 is 5.73. The third-order valence-corrected chi connectivity index (χ3v) is 5.29. The number of aromatic nitrogens is 1. The van der Waals surface area contributed by atoms with Crippen LogP contribution in [-0.4, -0.2) is 35.2 Å². The summed E-state index contributed by atoms with van der Waals surface area (Å²) in [4.78, 5) is 30.3. The molecule has 2 amide bonds. The summed E-state index contributed by atoms with van der Waals surface area (Å²) in [6.07, 6.45) is 1.91. The highest BCUT2D eigenvalue weighted by Crippen LogP contribution is 2.18. The Morgan fingerprint density at radius 1 is 1.21 bits per heavy atom. The van der Waals surface area contributed by atoms with Crippen molar-refractivity contribution in [3.05, 3.63) is 76.1 Å². The van der Waals surface area contributed by atoms with Crippen molar-refractivity contribution in [2.45, 2.75) is 32.4 Å². The Morgan fingerprint density at radius 3 is 2.79 bits per heavy atom. The number of ether oxygens (including phenoxy) is 1. The molecule has 29 heavy (non-hydrogen) atoms. The molecule has 0 aliphatic carbocycles. The monoisotopic (exact) mass is 391 g/mol. The molecule has 6 heteroatoms. The maximum absolute atomic E-state index is 13.0. The number of para-hydroxylation sites is 2. The van der Waals surface area contributed by atoms with Crippen molar-refractivity contribution >= 4 is 22.6 Å². The van der Waals surface area contributed by atoms with Gasteiger partial charge in [-0.15, -0.1) is 0 Å². The SMILES string of the molecule is Cc1cccc2cc(CN(C[C@@H]3CCCO3)C(=O)Nc3ccccc3)c(=O)[nH]c12. The van der Waals surface area contributed by atoms with Crippen molar-refractivity contribution in [1.82, 2.24) is 9.88 Å². The number of aryl methyl sites for hydroxylation is 1. The van der Waals surface area contributed by atoms with E-state index < -0.39 is 0 Å². The van der Waals surface area contributed by atoms with E-state index >= 15 is 0 Å². The molecule has 0 unspecified atom stereocenters. The minimum atomic E-state index is -0.240. The number of carbonyl (C=O) groups is 1. The third kappa shape index (κ3) is 4.49. The first-order valence-electron chi connectivity index (χ1n) is 9.94. The molecule has 1 aromatic heterocycles. The fourth-order valence-electron chi connectivity index (χ4n) is 3.73. The number of rotatable bonds is 5. The quantitative estimate of drug-likeness (QED) is 0.689. The molecule has 150 valence electrons. The van der Waals surface area contributed by atoms with Crippen LogP contribution in [0.15, 0.2) is 59.4 Å². The van der Waals surface area contributed by atoms with Gasteiger partial charge in [0.05, 0.1) is 18.2 Å². The molecule has 0 saturated carbocycles. The number of anilines is 1. The Kier molecular flexibility index (Phi) is 5.62. The van der Waals surface area contributed by atoms with E-state index in [0.717, 1.165) is 35.0 Å². The van der Waals surface area contributed by atoms with Crippen LogP contribution >= 0.6 is 0 Å². The van der Waals surface area contributed by atoms with Gasteiger partial charge in [-0.05, 0) is 48.9 Å². The number of hydrogen-bond donors (Lipinski definition) is 2. The van der Waals surface area contributed by atoms with Crippen molar-refractivity contribution in [3.63, 3.8) is 0 Å². The van der Waals surface area contributed by atoms with Crippen LogP contribution in [0.25, 0.3) is 10.9 Å². The first-order chi connectivity index (χ1) is 14.1. The van der Waals surface area contributed by atoms with Crippen molar-refractivity contribution < 1.29 is 9.53 Å². The van der Waals surface area contributed by atoms with Crippen LogP contribution in [0.2, 0.25) is 0 Å². The van der Waals surface area contributed by atoms with Gasteiger partial charge in [-0.1, -0.05) is 36.4 Å². The number of nitrogens with zero attached hydrogens (tertiary/aromatic N) is 1. The molecule has 1 saturated heterocycles. The number of carbonyl (C=O) groups excluding carboxylic acids is 1. The predicted octanol–water partition coefficient (Wildman–Crippen LogP) is 4.05. The molecule has 1 atom stereocenters. The molecule has 2 heterocycles. The normalized spacial score (nSPS) is 16.1. The lowest BCUT2D eigenvalue weighted by molar-refractivity contribution is 0.0818. The maximum atomic E-state index is 13.0. The van der Waals surface area contributed by atoms with Gasteiger partial charge in [-0.2, -0.15) is 0 Å². The Hall–Kier alpha value is -3.12. The van der Waals surface area contributed by atoms with Gasteiger partial charge in [0.1, 0.15) is 0 Å². The minimum absolute atomic E-state index is 0.00157. The predicted molar refractivity (Wildman–Crippen MR) is 114 cm³/mol. The van der Waals surface area contributed by atoms with Crippen LogP contribution in [0, 0.1) is 6.92 Å². The standard InChI is InChI=1S/C23H25N3O3/c1-16-7-5-8-17-13-18(22(27)25-21(16)17)14-26(15-20-11-6-12-29-20)23(28)24-19-9-3-2-4-10-19/h2-5,7-10,13,20H,6,11-12,14-15H2,1H3,(H,24,28)(H,25,27)/t20-/m0/s1. The number of benzene rings is 2. The van der Waals surface area contributed by atoms with E-state index in [2.05, 4.69) is 10.3 Å². The van der Waals surface area contributed by atoms with Gasteiger partial charge in [-0.25, -0.2) is 4.79 Å². The summed E-state index contributed by atoms with van der Waals surface area (Å²) in [6, 6.07) is 16.9. The topological polar surface area (TPSA) is 74.4 Å². The Morgan fingerprint density at radius 2 is 2.03 bits per heavy atom. The summed E-state index contributed by atoms with van der Waals surface area (Å²) in [6.45, 7) is 3.35. The van der Waals surface area contributed by atoms with Gasteiger partial charge in [0.15, 0.2) is 0 Å². The molecule has 0 bridgehead atoms. The van der Waals surface area contributed by atoms with Gasteiger partial charge in [-0.3, -0.25) is 4.79 Å². The molecule has 6 nitrogen and oxygen atoms in total. The first-order valence-corrected chi connectivity index (χ1v) is 9.94. The molecule has 4 rings (SSSR count). The average molecular weight is 391 g/mol. The van der Waals surface area contributed by atoms with Gasteiger partial charge in [0.25, 0.3) is 5.56 Å². The molecule has 0 radical (unpaired) electrons. The molecule has 2 aromatic carbocycles. The number of pyridine rings is 1. The number of H-pyrrole nitrogens is 1. The summed E-state index contributed by atoms with van der Waals surface area (Å²) in [5, 5.41) is 3.88. The smallest absolute Gasteiger partial charge is 0.322 e. The summed E-state index contributed by atoms with van der Waals surface area (Å²) in [5.74, 6) is 0. The number of amides is 2. The van der Waals surface area contributed by atoms with Crippen molar-refractivity contribution in [3.8, 4) is 0 Å². The van der Waals surface area contributed by atoms with Crippen molar-refractivity contribution in [2.24, 2.45) is 0 Å². The zero-order valence-electron chi connectivity index (χ0n) is 16.5. The van der Waals surface area contributed by atoms with Crippen LogP contribution < -0.4 is 10.9 Å². The van der Waals surface area contributed by atoms with Crippen LogP contribution in [0.5, 0.6) is 0 Å². The van der Waals surface area contributed by atoms with E-state index in [1.165, 1.54) is 0 Å². The molecule has 1 aliphatic heterocycles. The van der Waals surface area contributed by atoms with Crippen LogP contribution in [0.3, 0.4) is 0 Å². The number of hydrogen-bond acceptors (Lipinski definition) is 3. The van der Waals surface area contributed by atoms with Crippen LogP contribution in [0.1, 0.15) is 24.0 Å². The van der Waals surface area contributed by atoms with E-state index in [1.54, 1.807) is 4.90 Å². The molecular weight excluding hydrogens is 366 g/mol. The average Bonchev–Trinajstić information content (AvgIpc) is 3.23. The lowest BCUT2D eigenvalue weighted by Gasteiger charge is -2.25.